The zero-order valence-electron chi connectivity index (χ0n) is 22.9. The van der Waals surface area contributed by atoms with Gasteiger partial charge in [0.05, 0.1) is 41.8 Å². The second-order valence-corrected chi connectivity index (χ2v) is 12.5. The molecule has 0 saturated heterocycles. The molecule has 0 bridgehead atoms. The van der Waals surface area contributed by atoms with Crippen LogP contribution in [-0.4, -0.2) is 56.5 Å². The lowest BCUT2D eigenvalue weighted by molar-refractivity contribution is -0.192. The van der Waals surface area contributed by atoms with Gasteiger partial charge in [0.15, 0.2) is 0 Å². The van der Waals surface area contributed by atoms with Gasteiger partial charge in [-0.3, -0.25) is 9.59 Å². The molecule has 3 N–H and O–H groups in total. The predicted octanol–water partition coefficient (Wildman–Crippen LogP) is 4.85. The molecule has 0 amide bonds. The Hall–Kier alpha value is -2.08. The number of allylic oxidation sites excluding steroid dienone is 1. The average molecular weight is 574 g/mol. The average Bonchev–Trinajstić information content (AvgIpc) is 3.38. The van der Waals surface area contributed by atoms with Crippen LogP contribution in [0, 0.1) is 28.6 Å². The highest BCUT2D eigenvalue weighted by Crippen LogP contribution is 2.66. The summed E-state index contributed by atoms with van der Waals surface area (Å²) in [5, 5.41) is 33.0. The zero-order valence-corrected chi connectivity index (χ0v) is 23.7. The Morgan fingerprint density at radius 1 is 1.26 bits per heavy atom. The molecule has 1 aliphatic carbocycles. The number of thiazole rings is 1. The lowest BCUT2D eigenvalue weighted by atomic mass is 9.73. The fourth-order valence-electron chi connectivity index (χ4n) is 5.37. The van der Waals surface area contributed by atoms with Gasteiger partial charge < -0.3 is 20.1 Å². The van der Waals surface area contributed by atoms with Gasteiger partial charge in [-0.25, -0.2) is 4.98 Å². The molecule has 1 aromatic heterocycles. The van der Waals surface area contributed by atoms with E-state index >= 15 is 0 Å². The van der Waals surface area contributed by atoms with E-state index in [9.17, 15) is 38.1 Å². The van der Waals surface area contributed by atoms with Crippen LogP contribution < -0.4 is 0 Å². The van der Waals surface area contributed by atoms with Crippen LogP contribution in [0.3, 0.4) is 0 Å². The number of alkyl halides is 3. The Labute approximate surface area is 230 Å². The topological polar surface area (TPSA) is 117 Å². The third-order valence-electron chi connectivity index (χ3n) is 8.37. The van der Waals surface area contributed by atoms with Crippen LogP contribution in [-0.2, 0) is 20.9 Å². The number of aliphatic hydroxyl groups excluding tert-OH is 3. The molecular formula is C28H38F3NO6S. The van der Waals surface area contributed by atoms with Crippen molar-refractivity contribution >= 4 is 29.2 Å². The number of halogens is 3. The van der Waals surface area contributed by atoms with Gasteiger partial charge in [0.2, 0.25) is 0 Å². The summed E-state index contributed by atoms with van der Waals surface area (Å²) in [7, 11) is 0. The number of aromatic nitrogens is 1. The molecule has 2 unspecified atom stereocenters. The highest BCUT2D eigenvalue weighted by molar-refractivity contribution is 7.09. The summed E-state index contributed by atoms with van der Waals surface area (Å²) >= 11 is 1.22. The summed E-state index contributed by atoms with van der Waals surface area (Å²) in [6.07, 6.45) is -4.61. The Bertz CT molecular complexity index is 1110. The summed E-state index contributed by atoms with van der Waals surface area (Å²) in [5.74, 6) is -3.64. The van der Waals surface area contributed by atoms with Crippen molar-refractivity contribution in [3.05, 3.63) is 33.8 Å². The molecule has 2 heterocycles. The van der Waals surface area contributed by atoms with Crippen LogP contribution in [0.25, 0.3) is 6.08 Å². The van der Waals surface area contributed by atoms with Gasteiger partial charge in [-0.05, 0) is 43.8 Å². The normalized spacial score (nSPS) is 35.7. The Balaban J connectivity index is 1.98. The first-order valence-electron chi connectivity index (χ1n) is 13.1. The minimum Gasteiger partial charge on any atom is -0.458 e. The zero-order chi connectivity index (χ0) is 29.3. The van der Waals surface area contributed by atoms with Crippen molar-refractivity contribution in [2.75, 3.05) is 0 Å². The minimum absolute atomic E-state index is 0.0773. The van der Waals surface area contributed by atoms with E-state index in [1.165, 1.54) is 44.3 Å². The van der Waals surface area contributed by atoms with Gasteiger partial charge in [0.25, 0.3) is 0 Å². The number of carbonyl (C=O) groups is 2. The molecule has 11 heteroatoms. The SMILES string of the molecule is C/C(=C\c1csc(CO)n1)[C@@H]1CC2CC2(C(F)(F)F)C/C=C/[C@H](C)[C@H](O)[C@@H](C)C(=O)C(C)(C)[C@@H](O)CC(=O)O1. The van der Waals surface area contributed by atoms with E-state index in [4.69, 9.17) is 4.74 Å². The smallest absolute Gasteiger partial charge is 0.395 e. The number of hydrogen-bond donors (Lipinski definition) is 3. The lowest BCUT2D eigenvalue weighted by Crippen LogP contribution is -2.45. The minimum atomic E-state index is -4.49. The molecule has 218 valence electrons. The number of ether oxygens (including phenoxy) is 1. The number of carbonyl (C=O) groups excluding carboxylic acids is 2. The molecule has 2 aliphatic rings. The van der Waals surface area contributed by atoms with Crippen LogP contribution in [0.1, 0.15) is 71.0 Å². The van der Waals surface area contributed by atoms with E-state index in [0.717, 1.165) is 0 Å². The Morgan fingerprint density at radius 2 is 1.92 bits per heavy atom. The standard InChI is InChI=1S/C28H38F3NO6S/c1-15-7-6-8-27(28(29,30)31)12-18(27)10-20(16(2)9-19-14-39-22(13-33)32-19)38-23(35)11-21(34)26(4,5)25(37)17(3)24(15)36/h6-7,9,14-15,17-18,20-21,24,33-34,36H,8,10-13H2,1-5H3/b7-6+,16-9+/t15-,17+,18?,20-,21-,24-,27?/m0/s1. The van der Waals surface area contributed by atoms with Gasteiger partial charge in [0, 0.05) is 17.2 Å². The van der Waals surface area contributed by atoms with Gasteiger partial charge >= 0.3 is 12.1 Å². The molecule has 7 atom stereocenters. The van der Waals surface area contributed by atoms with E-state index in [2.05, 4.69) is 4.98 Å². The van der Waals surface area contributed by atoms with E-state index in [1.807, 2.05) is 0 Å². The third-order valence-corrected chi connectivity index (χ3v) is 9.22. The van der Waals surface area contributed by atoms with Gasteiger partial charge in [-0.15, -0.1) is 11.3 Å². The van der Waals surface area contributed by atoms with E-state index in [0.29, 0.717) is 16.3 Å². The van der Waals surface area contributed by atoms with Crippen molar-refractivity contribution in [3.63, 3.8) is 0 Å². The number of hydrogen-bond acceptors (Lipinski definition) is 8. The summed E-state index contributed by atoms with van der Waals surface area (Å²) in [6.45, 7) is 7.51. The van der Waals surface area contributed by atoms with Crippen molar-refractivity contribution in [1.29, 1.82) is 0 Å². The van der Waals surface area contributed by atoms with Crippen molar-refractivity contribution < 1.29 is 42.8 Å². The maximum absolute atomic E-state index is 14.3. The quantitative estimate of drug-likeness (QED) is 0.350. The van der Waals surface area contributed by atoms with Gasteiger partial charge in [-0.1, -0.05) is 39.8 Å². The van der Waals surface area contributed by atoms with E-state index in [1.54, 1.807) is 25.3 Å². The summed E-state index contributed by atoms with van der Waals surface area (Å²) < 4.78 is 48.4. The molecule has 0 aromatic carbocycles. The molecule has 39 heavy (non-hydrogen) atoms. The number of ketones is 1. The van der Waals surface area contributed by atoms with E-state index < -0.39 is 71.2 Å². The van der Waals surface area contributed by atoms with Crippen LogP contribution in [0.15, 0.2) is 23.1 Å². The lowest BCUT2D eigenvalue weighted by Gasteiger charge is -2.34. The van der Waals surface area contributed by atoms with Crippen molar-refractivity contribution in [2.24, 2.45) is 28.6 Å². The molecule has 7 nitrogen and oxygen atoms in total. The summed E-state index contributed by atoms with van der Waals surface area (Å²) in [6, 6.07) is 0. The highest BCUT2D eigenvalue weighted by atomic mass is 32.1. The number of Topliss-reactive ketones (excluding diaryl/α,β-unsaturated/α-hetero) is 1. The monoisotopic (exact) mass is 573 g/mol. The molecule has 1 saturated carbocycles. The number of cyclic esters (lactones) is 1. The first kappa shape index (κ1) is 31.4. The first-order valence-corrected chi connectivity index (χ1v) is 14.0. The Morgan fingerprint density at radius 3 is 2.51 bits per heavy atom. The molecule has 1 aromatic rings. The summed E-state index contributed by atoms with van der Waals surface area (Å²) in [4.78, 5) is 30.4. The predicted molar refractivity (Wildman–Crippen MR) is 140 cm³/mol. The number of rotatable bonds is 3. The van der Waals surface area contributed by atoms with Crippen LogP contribution in [0.4, 0.5) is 13.2 Å². The van der Waals surface area contributed by atoms with Crippen LogP contribution in [0.5, 0.6) is 0 Å². The third kappa shape index (κ3) is 6.81. The van der Waals surface area contributed by atoms with Crippen LogP contribution >= 0.6 is 11.3 Å². The molecule has 0 spiro atoms. The van der Waals surface area contributed by atoms with E-state index in [-0.39, 0.29) is 25.9 Å². The maximum atomic E-state index is 14.3. The Kier molecular flexibility index (Phi) is 9.52. The van der Waals surface area contributed by atoms with Gasteiger partial charge in [0.1, 0.15) is 16.9 Å². The number of esters is 1. The molecule has 1 fully saturated rings. The van der Waals surface area contributed by atoms with Crippen molar-refractivity contribution in [2.45, 2.75) is 91.4 Å². The molecular weight excluding hydrogens is 535 g/mol. The van der Waals surface area contributed by atoms with Crippen molar-refractivity contribution in [3.8, 4) is 0 Å². The second kappa shape index (κ2) is 11.8. The van der Waals surface area contributed by atoms with Crippen molar-refractivity contribution in [1.82, 2.24) is 4.98 Å². The molecule has 0 radical (unpaired) electrons. The number of fused-ring (bicyclic) bond motifs is 1. The highest BCUT2D eigenvalue weighted by Gasteiger charge is 2.69. The molecule has 1 aliphatic heterocycles. The second-order valence-electron chi connectivity index (χ2n) is 11.6. The number of aliphatic hydroxyl groups is 3. The summed E-state index contributed by atoms with van der Waals surface area (Å²) in [5.41, 5.74) is -2.40. The fourth-order valence-corrected chi connectivity index (χ4v) is 5.98. The maximum Gasteiger partial charge on any atom is 0.395 e. The van der Waals surface area contributed by atoms with Crippen LogP contribution in [0.2, 0.25) is 0 Å². The molecule has 3 rings (SSSR count). The largest absolute Gasteiger partial charge is 0.458 e. The number of nitrogens with zero attached hydrogens (tertiary/aromatic N) is 1. The van der Waals surface area contributed by atoms with Gasteiger partial charge in [-0.2, -0.15) is 13.2 Å². The first-order chi connectivity index (χ1) is 18.0. The fraction of sp³-hybridized carbons (Fsp3) is 0.679.